The van der Waals surface area contributed by atoms with E-state index >= 15 is 0 Å². The average Bonchev–Trinajstić information content (AvgIpc) is 3.15. The van der Waals surface area contributed by atoms with Crippen LogP contribution in [0.25, 0.3) is 0 Å². The number of halogens is 1. The molecular weight excluding hydrogens is 342 g/mol. The summed E-state index contributed by atoms with van der Waals surface area (Å²) in [6.07, 6.45) is 2.00. The van der Waals surface area contributed by atoms with Crippen molar-refractivity contribution in [2.24, 2.45) is 0 Å². The van der Waals surface area contributed by atoms with Gasteiger partial charge in [-0.15, -0.1) is 0 Å². The van der Waals surface area contributed by atoms with Gasteiger partial charge >= 0.3 is 0 Å². The lowest BCUT2D eigenvalue weighted by Gasteiger charge is -2.11. The highest BCUT2D eigenvalue weighted by molar-refractivity contribution is 6.33. The van der Waals surface area contributed by atoms with Crippen LogP contribution in [0.4, 0.5) is 5.69 Å². The molecule has 1 aliphatic heterocycles. The molecule has 2 amide bonds. The molecule has 0 saturated carbocycles. The van der Waals surface area contributed by atoms with E-state index in [1.54, 1.807) is 42.5 Å². The monoisotopic (exact) mass is 359 g/mol. The van der Waals surface area contributed by atoms with Crippen molar-refractivity contribution in [1.82, 2.24) is 10.3 Å². The molecule has 25 heavy (non-hydrogen) atoms. The number of ether oxygens (including phenoxy) is 1. The number of anilines is 1. The van der Waals surface area contributed by atoms with E-state index in [-0.39, 0.29) is 23.4 Å². The first kappa shape index (κ1) is 17.4. The molecule has 1 aromatic carbocycles. The summed E-state index contributed by atoms with van der Waals surface area (Å²) in [5.41, 5.74) is 0.818. The quantitative estimate of drug-likeness (QED) is 0.860. The number of para-hydroxylation sites is 1. The summed E-state index contributed by atoms with van der Waals surface area (Å²) in [6, 6.07) is 11.6. The van der Waals surface area contributed by atoms with Crippen molar-refractivity contribution < 1.29 is 14.3 Å². The number of aromatic nitrogens is 1. The summed E-state index contributed by atoms with van der Waals surface area (Å²) >= 11 is 6.03. The summed E-state index contributed by atoms with van der Waals surface area (Å²) in [6.45, 7) is 1.17. The first-order valence-corrected chi connectivity index (χ1v) is 8.44. The lowest BCUT2D eigenvalue weighted by molar-refractivity contribution is 0.0853. The number of carbonyl (C=O) groups is 2. The van der Waals surface area contributed by atoms with Gasteiger partial charge in [0.05, 0.1) is 16.8 Å². The number of pyridine rings is 1. The first-order valence-electron chi connectivity index (χ1n) is 8.06. The second kappa shape index (κ2) is 8.09. The number of rotatable bonds is 5. The van der Waals surface area contributed by atoms with Crippen molar-refractivity contribution in [1.29, 1.82) is 0 Å². The molecule has 1 atom stereocenters. The molecular formula is C18H18ClN3O3. The third kappa shape index (κ3) is 4.55. The van der Waals surface area contributed by atoms with Gasteiger partial charge in [-0.2, -0.15) is 0 Å². The number of hydrogen-bond acceptors (Lipinski definition) is 4. The van der Waals surface area contributed by atoms with Crippen molar-refractivity contribution in [3.05, 3.63) is 58.9 Å². The van der Waals surface area contributed by atoms with Gasteiger partial charge in [-0.1, -0.05) is 29.8 Å². The van der Waals surface area contributed by atoms with Crippen molar-refractivity contribution in [2.45, 2.75) is 18.9 Å². The molecule has 1 unspecified atom stereocenters. The predicted octanol–water partition coefficient (Wildman–Crippen LogP) is 2.90. The minimum Gasteiger partial charge on any atom is -0.376 e. The molecule has 0 spiro atoms. The minimum absolute atomic E-state index is 0.0515. The van der Waals surface area contributed by atoms with Crippen molar-refractivity contribution >= 4 is 29.1 Å². The summed E-state index contributed by atoms with van der Waals surface area (Å²) in [4.78, 5) is 28.7. The summed E-state index contributed by atoms with van der Waals surface area (Å²) in [5.74, 6) is -0.759. The Hall–Kier alpha value is -2.44. The maximum atomic E-state index is 12.3. The Labute approximate surface area is 150 Å². The highest BCUT2D eigenvalue weighted by Crippen LogP contribution is 2.21. The molecule has 0 aliphatic carbocycles. The molecule has 1 fully saturated rings. The van der Waals surface area contributed by atoms with Crippen LogP contribution in [-0.2, 0) is 4.74 Å². The van der Waals surface area contributed by atoms with Gasteiger partial charge < -0.3 is 15.4 Å². The smallest absolute Gasteiger partial charge is 0.274 e. The molecule has 1 aromatic heterocycles. The maximum Gasteiger partial charge on any atom is 0.274 e. The zero-order chi connectivity index (χ0) is 17.6. The molecule has 0 radical (unpaired) electrons. The van der Waals surface area contributed by atoms with Gasteiger partial charge in [-0.05, 0) is 37.1 Å². The number of benzene rings is 1. The average molecular weight is 360 g/mol. The Morgan fingerprint density at radius 3 is 2.60 bits per heavy atom. The van der Waals surface area contributed by atoms with Crippen LogP contribution in [0.1, 0.15) is 33.8 Å². The van der Waals surface area contributed by atoms with Gasteiger partial charge in [0.1, 0.15) is 11.4 Å². The summed E-state index contributed by atoms with van der Waals surface area (Å²) < 4.78 is 5.47. The normalized spacial score (nSPS) is 16.4. The van der Waals surface area contributed by atoms with E-state index < -0.39 is 5.91 Å². The topological polar surface area (TPSA) is 80.3 Å². The van der Waals surface area contributed by atoms with Crippen LogP contribution < -0.4 is 10.6 Å². The fraction of sp³-hybridized carbons (Fsp3) is 0.278. The largest absolute Gasteiger partial charge is 0.376 e. The predicted molar refractivity (Wildman–Crippen MR) is 94.9 cm³/mol. The van der Waals surface area contributed by atoms with Gasteiger partial charge in [0, 0.05) is 13.2 Å². The number of nitrogens with one attached hydrogen (secondary N) is 2. The highest BCUT2D eigenvalue weighted by Gasteiger charge is 2.18. The number of carbonyl (C=O) groups excluding carboxylic acids is 2. The number of nitrogens with zero attached hydrogens (tertiary/aromatic N) is 1. The Morgan fingerprint density at radius 2 is 1.88 bits per heavy atom. The van der Waals surface area contributed by atoms with Crippen molar-refractivity contribution in [2.75, 3.05) is 18.5 Å². The molecule has 3 rings (SSSR count). The molecule has 1 aliphatic rings. The van der Waals surface area contributed by atoms with Crippen molar-refractivity contribution in [3.63, 3.8) is 0 Å². The summed E-state index contributed by atoms with van der Waals surface area (Å²) in [5, 5.41) is 5.90. The molecule has 7 heteroatoms. The lowest BCUT2D eigenvalue weighted by Crippen LogP contribution is -2.32. The van der Waals surface area contributed by atoms with E-state index in [0.717, 1.165) is 19.4 Å². The maximum absolute atomic E-state index is 12.3. The standard InChI is InChI=1S/C18H18ClN3O3/c19-13-6-1-2-7-14(13)22-18(24)16-9-3-8-15(21-16)17(23)20-11-12-5-4-10-25-12/h1-3,6-9,12H,4-5,10-11H2,(H,20,23)(H,22,24). The molecule has 1 saturated heterocycles. The number of hydrogen-bond donors (Lipinski definition) is 2. The van der Waals surface area contributed by atoms with E-state index in [4.69, 9.17) is 16.3 Å². The minimum atomic E-state index is -0.429. The van der Waals surface area contributed by atoms with Crippen LogP contribution in [0.3, 0.4) is 0 Å². The van der Waals surface area contributed by atoms with E-state index in [2.05, 4.69) is 15.6 Å². The fourth-order valence-corrected chi connectivity index (χ4v) is 2.72. The van der Waals surface area contributed by atoms with Gasteiger partial charge in [-0.25, -0.2) is 4.98 Å². The van der Waals surface area contributed by atoms with Gasteiger partial charge in [0.25, 0.3) is 11.8 Å². The summed E-state index contributed by atoms with van der Waals surface area (Å²) in [7, 11) is 0. The van der Waals surface area contributed by atoms with E-state index in [1.807, 2.05) is 0 Å². The van der Waals surface area contributed by atoms with E-state index in [0.29, 0.717) is 17.3 Å². The molecule has 130 valence electrons. The van der Waals surface area contributed by atoms with Crippen LogP contribution >= 0.6 is 11.6 Å². The Kier molecular flexibility index (Phi) is 5.63. The highest BCUT2D eigenvalue weighted by atomic mass is 35.5. The molecule has 2 aromatic rings. The van der Waals surface area contributed by atoms with Crippen LogP contribution in [0, 0.1) is 0 Å². The van der Waals surface area contributed by atoms with Gasteiger partial charge in [-0.3, -0.25) is 9.59 Å². The first-order chi connectivity index (χ1) is 12.1. The van der Waals surface area contributed by atoms with Crippen molar-refractivity contribution in [3.8, 4) is 0 Å². The zero-order valence-electron chi connectivity index (χ0n) is 13.5. The third-order valence-corrected chi connectivity index (χ3v) is 4.18. The molecule has 0 bridgehead atoms. The molecule has 2 N–H and O–H groups in total. The van der Waals surface area contributed by atoms with E-state index in [9.17, 15) is 9.59 Å². The Balaban J connectivity index is 1.64. The van der Waals surface area contributed by atoms with Crippen LogP contribution in [0.2, 0.25) is 5.02 Å². The second-order valence-corrected chi connectivity index (χ2v) is 6.09. The zero-order valence-corrected chi connectivity index (χ0v) is 14.3. The van der Waals surface area contributed by atoms with Gasteiger partial charge in [0.2, 0.25) is 0 Å². The third-order valence-electron chi connectivity index (χ3n) is 3.85. The number of amides is 2. The van der Waals surface area contributed by atoms with Crippen LogP contribution in [-0.4, -0.2) is 36.1 Å². The fourth-order valence-electron chi connectivity index (χ4n) is 2.54. The van der Waals surface area contributed by atoms with E-state index in [1.165, 1.54) is 0 Å². The lowest BCUT2D eigenvalue weighted by atomic mass is 10.2. The molecule has 6 nitrogen and oxygen atoms in total. The Morgan fingerprint density at radius 1 is 1.12 bits per heavy atom. The van der Waals surface area contributed by atoms with Crippen LogP contribution in [0.5, 0.6) is 0 Å². The molecule has 2 heterocycles. The Bertz CT molecular complexity index is 776. The van der Waals surface area contributed by atoms with Gasteiger partial charge in [0.15, 0.2) is 0 Å². The van der Waals surface area contributed by atoms with Crippen LogP contribution in [0.15, 0.2) is 42.5 Å². The second-order valence-electron chi connectivity index (χ2n) is 5.69. The SMILES string of the molecule is O=C(NCC1CCCO1)c1cccc(C(=O)Nc2ccccc2Cl)n1.